The molecule has 16 heavy (non-hydrogen) atoms. The highest BCUT2D eigenvalue weighted by atomic mass is 16.5. The lowest BCUT2D eigenvalue weighted by Crippen LogP contribution is -2.22. The maximum absolute atomic E-state index is 11.5. The predicted octanol–water partition coefficient (Wildman–Crippen LogP) is 0.361. The van der Waals surface area contributed by atoms with Crippen LogP contribution in [0.1, 0.15) is 20.3 Å². The fraction of sp³-hybridized carbons (Fsp3) is 0.700. The molecule has 90 valence electrons. The SMILES string of the molecule is CCOC(=O)C1C(C(=O)O)C1(CC)C(=O)O. The van der Waals surface area contributed by atoms with Crippen molar-refractivity contribution in [3.05, 3.63) is 0 Å². The quantitative estimate of drug-likeness (QED) is 0.661. The van der Waals surface area contributed by atoms with Crippen LogP contribution in [0.25, 0.3) is 0 Å². The van der Waals surface area contributed by atoms with Crippen LogP contribution in [-0.2, 0) is 19.1 Å². The Morgan fingerprint density at radius 1 is 1.19 bits per heavy atom. The van der Waals surface area contributed by atoms with E-state index in [-0.39, 0.29) is 13.0 Å². The minimum absolute atomic E-state index is 0.1000. The van der Waals surface area contributed by atoms with Gasteiger partial charge < -0.3 is 14.9 Å². The molecule has 0 bridgehead atoms. The zero-order valence-corrected chi connectivity index (χ0v) is 9.10. The first-order valence-corrected chi connectivity index (χ1v) is 5.06. The molecule has 1 rings (SSSR count). The number of carbonyl (C=O) groups is 3. The summed E-state index contributed by atoms with van der Waals surface area (Å²) in [5, 5.41) is 17.9. The van der Waals surface area contributed by atoms with E-state index < -0.39 is 35.2 Å². The summed E-state index contributed by atoms with van der Waals surface area (Å²) in [5.74, 6) is -5.48. The number of rotatable bonds is 5. The van der Waals surface area contributed by atoms with E-state index in [1.54, 1.807) is 13.8 Å². The van der Waals surface area contributed by atoms with Gasteiger partial charge in [-0.15, -0.1) is 0 Å². The highest BCUT2D eigenvalue weighted by Crippen LogP contribution is 2.61. The second-order valence-electron chi connectivity index (χ2n) is 3.74. The fourth-order valence-electron chi connectivity index (χ4n) is 2.24. The topological polar surface area (TPSA) is 101 Å². The maximum atomic E-state index is 11.5. The molecule has 0 spiro atoms. The first kappa shape index (κ1) is 12.5. The second kappa shape index (κ2) is 4.11. The number of esters is 1. The van der Waals surface area contributed by atoms with Crippen molar-refractivity contribution in [2.24, 2.45) is 17.3 Å². The lowest BCUT2D eigenvalue weighted by Gasteiger charge is -2.07. The van der Waals surface area contributed by atoms with Gasteiger partial charge in [-0.05, 0) is 13.3 Å². The van der Waals surface area contributed by atoms with Gasteiger partial charge in [0.25, 0.3) is 0 Å². The van der Waals surface area contributed by atoms with Crippen molar-refractivity contribution >= 4 is 17.9 Å². The van der Waals surface area contributed by atoms with Crippen LogP contribution in [0.5, 0.6) is 0 Å². The van der Waals surface area contributed by atoms with Gasteiger partial charge in [-0.2, -0.15) is 0 Å². The highest BCUT2D eigenvalue weighted by Gasteiger charge is 2.76. The van der Waals surface area contributed by atoms with Gasteiger partial charge in [0, 0.05) is 0 Å². The monoisotopic (exact) mass is 230 g/mol. The third kappa shape index (κ3) is 1.54. The third-order valence-corrected chi connectivity index (χ3v) is 3.12. The molecular weight excluding hydrogens is 216 g/mol. The largest absolute Gasteiger partial charge is 0.481 e. The third-order valence-electron chi connectivity index (χ3n) is 3.12. The van der Waals surface area contributed by atoms with Gasteiger partial charge in [0.15, 0.2) is 0 Å². The van der Waals surface area contributed by atoms with Crippen molar-refractivity contribution in [2.45, 2.75) is 20.3 Å². The number of carbonyl (C=O) groups excluding carboxylic acids is 1. The molecule has 0 heterocycles. The number of hydrogen-bond donors (Lipinski definition) is 2. The van der Waals surface area contributed by atoms with Gasteiger partial charge in [-0.3, -0.25) is 14.4 Å². The molecule has 1 fully saturated rings. The zero-order valence-electron chi connectivity index (χ0n) is 9.10. The van der Waals surface area contributed by atoms with E-state index in [4.69, 9.17) is 10.2 Å². The molecule has 0 aromatic rings. The minimum atomic E-state index is -1.49. The molecular formula is C10H14O6. The van der Waals surface area contributed by atoms with Gasteiger partial charge in [0.2, 0.25) is 0 Å². The molecule has 6 heteroatoms. The summed E-state index contributed by atoms with van der Waals surface area (Å²) in [6, 6.07) is 0. The summed E-state index contributed by atoms with van der Waals surface area (Å²) in [5.41, 5.74) is -1.49. The van der Waals surface area contributed by atoms with Gasteiger partial charge in [0.1, 0.15) is 0 Å². The Hall–Kier alpha value is -1.59. The van der Waals surface area contributed by atoms with E-state index in [2.05, 4.69) is 4.74 Å². The normalized spacial score (nSPS) is 31.9. The molecule has 0 amide bonds. The summed E-state index contributed by atoms with van der Waals surface area (Å²) in [6.45, 7) is 3.26. The molecule has 2 N–H and O–H groups in total. The summed E-state index contributed by atoms with van der Waals surface area (Å²) >= 11 is 0. The fourth-order valence-corrected chi connectivity index (χ4v) is 2.24. The second-order valence-corrected chi connectivity index (χ2v) is 3.74. The molecule has 6 nitrogen and oxygen atoms in total. The predicted molar refractivity (Wildman–Crippen MR) is 51.6 cm³/mol. The molecule has 0 aliphatic heterocycles. The van der Waals surface area contributed by atoms with E-state index in [9.17, 15) is 14.4 Å². The standard InChI is InChI=1S/C10H14O6/c1-3-10(9(14)15)5(7(11)12)6(10)8(13)16-4-2/h5-6H,3-4H2,1-2H3,(H,11,12)(H,14,15). The van der Waals surface area contributed by atoms with E-state index in [1.807, 2.05) is 0 Å². The Kier molecular flexibility index (Phi) is 3.21. The van der Waals surface area contributed by atoms with E-state index in [0.717, 1.165) is 0 Å². The number of hydrogen-bond acceptors (Lipinski definition) is 4. The van der Waals surface area contributed by atoms with E-state index >= 15 is 0 Å². The maximum Gasteiger partial charge on any atom is 0.311 e. The number of carboxylic acid groups (broad SMARTS) is 2. The van der Waals surface area contributed by atoms with Crippen LogP contribution < -0.4 is 0 Å². The van der Waals surface area contributed by atoms with Crippen LogP contribution in [0.15, 0.2) is 0 Å². The van der Waals surface area contributed by atoms with Crippen molar-refractivity contribution in [3.63, 3.8) is 0 Å². The number of carboxylic acids is 2. The van der Waals surface area contributed by atoms with Gasteiger partial charge >= 0.3 is 17.9 Å². The molecule has 0 aromatic carbocycles. The van der Waals surface area contributed by atoms with Crippen molar-refractivity contribution in [1.29, 1.82) is 0 Å². The van der Waals surface area contributed by atoms with Gasteiger partial charge in [0.05, 0.1) is 23.9 Å². The first-order chi connectivity index (χ1) is 7.43. The van der Waals surface area contributed by atoms with Crippen LogP contribution in [0, 0.1) is 17.3 Å². The summed E-state index contributed by atoms with van der Waals surface area (Å²) in [6.07, 6.45) is 0.1000. The van der Waals surface area contributed by atoms with Crippen LogP contribution in [0.4, 0.5) is 0 Å². The number of aliphatic carboxylic acids is 2. The molecule has 1 aliphatic carbocycles. The van der Waals surface area contributed by atoms with Crippen molar-refractivity contribution in [3.8, 4) is 0 Å². The molecule has 3 atom stereocenters. The summed E-state index contributed by atoms with van der Waals surface area (Å²) in [7, 11) is 0. The Morgan fingerprint density at radius 2 is 1.75 bits per heavy atom. The Labute approximate surface area is 92.2 Å². The average Bonchev–Trinajstić information content (AvgIpc) is 2.88. The van der Waals surface area contributed by atoms with E-state index in [0.29, 0.717) is 0 Å². The molecule has 0 aromatic heterocycles. The Morgan fingerprint density at radius 3 is 2.00 bits per heavy atom. The van der Waals surface area contributed by atoms with Crippen LogP contribution >= 0.6 is 0 Å². The van der Waals surface area contributed by atoms with Crippen molar-refractivity contribution in [2.75, 3.05) is 6.61 Å². The highest BCUT2D eigenvalue weighted by molar-refractivity contribution is 5.99. The minimum Gasteiger partial charge on any atom is -0.481 e. The first-order valence-electron chi connectivity index (χ1n) is 5.06. The molecule has 1 saturated carbocycles. The van der Waals surface area contributed by atoms with Crippen molar-refractivity contribution < 1.29 is 29.3 Å². The lowest BCUT2D eigenvalue weighted by atomic mass is 9.99. The molecule has 3 unspecified atom stereocenters. The van der Waals surface area contributed by atoms with Crippen LogP contribution in [0.3, 0.4) is 0 Å². The average molecular weight is 230 g/mol. The Bertz CT molecular complexity index is 336. The summed E-state index contributed by atoms with van der Waals surface area (Å²) in [4.78, 5) is 33.4. The number of ether oxygens (including phenoxy) is 1. The van der Waals surface area contributed by atoms with Gasteiger partial charge in [-0.1, -0.05) is 6.92 Å². The van der Waals surface area contributed by atoms with Crippen LogP contribution in [-0.4, -0.2) is 34.7 Å². The Balaban J connectivity index is 2.97. The van der Waals surface area contributed by atoms with E-state index in [1.165, 1.54) is 0 Å². The zero-order chi connectivity index (χ0) is 12.5. The van der Waals surface area contributed by atoms with Gasteiger partial charge in [-0.25, -0.2) is 0 Å². The summed E-state index contributed by atoms with van der Waals surface area (Å²) < 4.78 is 4.69. The van der Waals surface area contributed by atoms with Crippen molar-refractivity contribution in [1.82, 2.24) is 0 Å². The molecule has 0 saturated heterocycles. The lowest BCUT2D eigenvalue weighted by molar-refractivity contribution is -0.152. The molecule has 0 radical (unpaired) electrons. The van der Waals surface area contributed by atoms with Crippen LogP contribution in [0.2, 0.25) is 0 Å². The molecule has 1 aliphatic rings. The smallest absolute Gasteiger partial charge is 0.311 e.